The Morgan fingerprint density at radius 3 is 1.96 bits per heavy atom. The van der Waals surface area contributed by atoms with Crippen LogP contribution in [0.15, 0.2) is 48.5 Å². The van der Waals surface area contributed by atoms with Crippen LogP contribution in [0.3, 0.4) is 0 Å². The molecule has 0 unspecified atom stereocenters. The zero-order chi connectivity index (χ0) is 19.5. The molecule has 0 heterocycles. The highest BCUT2D eigenvalue weighted by Crippen LogP contribution is 2.19. The molecule has 5 heteroatoms. The Balaban J connectivity index is 1.76. The van der Waals surface area contributed by atoms with Gasteiger partial charge in [0, 0.05) is 0 Å². The molecule has 0 aromatic heterocycles. The molecule has 5 nitrogen and oxygen atoms in total. The fourth-order valence-electron chi connectivity index (χ4n) is 2.59. The second-order valence-electron chi connectivity index (χ2n) is 6.36. The fraction of sp³-hybridized carbons (Fsp3) is 0.364. The molecule has 27 heavy (non-hydrogen) atoms. The van der Waals surface area contributed by atoms with Gasteiger partial charge in [-0.2, -0.15) is 0 Å². The van der Waals surface area contributed by atoms with Crippen LogP contribution in [-0.2, 0) is 0 Å². The molecule has 0 saturated heterocycles. The summed E-state index contributed by atoms with van der Waals surface area (Å²) >= 11 is 0. The second-order valence-corrected chi connectivity index (χ2v) is 6.36. The van der Waals surface area contributed by atoms with Crippen molar-refractivity contribution in [2.24, 2.45) is 0 Å². The average Bonchev–Trinajstić information content (AvgIpc) is 2.68. The van der Waals surface area contributed by atoms with Crippen molar-refractivity contribution in [3.8, 4) is 11.5 Å². The lowest BCUT2D eigenvalue weighted by Gasteiger charge is -2.08. The van der Waals surface area contributed by atoms with Crippen LogP contribution < -0.4 is 9.47 Å². The molecule has 2 rings (SSSR count). The Morgan fingerprint density at radius 2 is 1.33 bits per heavy atom. The summed E-state index contributed by atoms with van der Waals surface area (Å²) in [7, 11) is 0. The van der Waals surface area contributed by atoms with Crippen LogP contribution in [-0.4, -0.2) is 23.7 Å². The number of carboxylic acid groups (broad SMARTS) is 1. The number of unbranched alkanes of at least 4 members (excludes halogenated alkanes) is 5. The molecule has 144 valence electrons. The highest BCUT2D eigenvalue weighted by molar-refractivity contribution is 5.93. The van der Waals surface area contributed by atoms with E-state index in [0.29, 0.717) is 17.9 Å². The van der Waals surface area contributed by atoms with Gasteiger partial charge < -0.3 is 14.6 Å². The number of rotatable bonds is 11. The molecule has 0 aliphatic rings. The molecule has 1 N–H and O–H groups in total. The lowest BCUT2D eigenvalue weighted by molar-refractivity contribution is 0.0691. The first-order valence-corrected chi connectivity index (χ1v) is 9.38. The molecule has 0 amide bonds. The SMILES string of the molecule is CCCCCCCCOc1ccc(OC(=O)c2ccc(C(=O)O)cc2)cc1. The van der Waals surface area contributed by atoms with Crippen molar-refractivity contribution in [2.75, 3.05) is 6.61 Å². The number of aromatic carboxylic acids is 1. The van der Waals surface area contributed by atoms with E-state index in [0.717, 1.165) is 12.2 Å². The Morgan fingerprint density at radius 1 is 0.778 bits per heavy atom. The van der Waals surface area contributed by atoms with Crippen molar-refractivity contribution < 1.29 is 24.2 Å². The summed E-state index contributed by atoms with van der Waals surface area (Å²) in [6, 6.07) is 12.5. The molecular formula is C22H26O5. The van der Waals surface area contributed by atoms with Crippen molar-refractivity contribution in [2.45, 2.75) is 45.4 Å². The Labute approximate surface area is 159 Å². The Hall–Kier alpha value is -2.82. The molecule has 2 aromatic carbocycles. The molecule has 0 atom stereocenters. The zero-order valence-electron chi connectivity index (χ0n) is 15.6. The molecule has 0 aliphatic heterocycles. The maximum atomic E-state index is 12.1. The van der Waals surface area contributed by atoms with Gasteiger partial charge in [-0.25, -0.2) is 9.59 Å². The minimum atomic E-state index is -1.04. The van der Waals surface area contributed by atoms with E-state index in [2.05, 4.69) is 6.92 Å². The minimum Gasteiger partial charge on any atom is -0.494 e. The fourth-order valence-corrected chi connectivity index (χ4v) is 2.59. The van der Waals surface area contributed by atoms with Crippen LogP contribution in [0.2, 0.25) is 0 Å². The third kappa shape index (κ3) is 7.13. The average molecular weight is 370 g/mol. The lowest BCUT2D eigenvalue weighted by Crippen LogP contribution is -2.09. The molecular weight excluding hydrogens is 344 g/mol. The lowest BCUT2D eigenvalue weighted by atomic mass is 10.1. The van der Waals surface area contributed by atoms with Crippen LogP contribution in [0, 0.1) is 0 Å². The molecule has 0 bridgehead atoms. The number of carbonyl (C=O) groups is 2. The predicted molar refractivity (Wildman–Crippen MR) is 104 cm³/mol. The number of carbonyl (C=O) groups excluding carboxylic acids is 1. The third-order valence-corrected chi connectivity index (χ3v) is 4.17. The Kier molecular flexibility index (Phi) is 8.36. The van der Waals surface area contributed by atoms with E-state index in [1.165, 1.54) is 56.4 Å². The monoisotopic (exact) mass is 370 g/mol. The van der Waals surface area contributed by atoms with Crippen LogP contribution in [0.5, 0.6) is 11.5 Å². The standard InChI is InChI=1S/C22H26O5/c1-2-3-4-5-6-7-16-26-19-12-14-20(15-13-19)27-22(25)18-10-8-17(9-11-18)21(23)24/h8-15H,2-7,16H2,1H3,(H,23,24). The molecule has 0 spiro atoms. The van der Waals surface area contributed by atoms with Gasteiger partial charge in [0.2, 0.25) is 0 Å². The first-order chi connectivity index (χ1) is 13.1. The third-order valence-electron chi connectivity index (χ3n) is 4.17. The van der Waals surface area contributed by atoms with Gasteiger partial charge in [0.15, 0.2) is 0 Å². The van der Waals surface area contributed by atoms with E-state index in [1.807, 2.05) is 0 Å². The van der Waals surface area contributed by atoms with Crippen LogP contribution in [0.25, 0.3) is 0 Å². The number of esters is 1. The molecule has 0 fully saturated rings. The van der Waals surface area contributed by atoms with Crippen molar-refractivity contribution >= 4 is 11.9 Å². The summed E-state index contributed by atoms with van der Waals surface area (Å²) in [5.74, 6) is -0.414. The summed E-state index contributed by atoms with van der Waals surface area (Å²) < 4.78 is 11.0. The number of benzene rings is 2. The van der Waals surface area contributed by atoms with Gasteiger partial charge in [-0.05, 0) is 55.0 Å². The van der Waals surface area contributed by atoms with Crippen LogP contribution in [0.4, 0.5) is 0 Å². The maximum absolute atomic E-state index is 12.1. The van der Waals surface area contributed by atoms with Crippen molar-refractivity contribution in [1.29, 1.82) is 0 Å². The first-order valence-electron chi connectivity index (χ1n) is 9.38. The number of hydrogen-bond donors (Lipinski definition) is 1. The second kappa shape index (κ2) is 11.0. The maximum Gasteiger partial charge on any atom is 0.343 e. The molecule has 0 saturated carbocycles. The van der Waals surface area contributed by atoms with E-state index in [9.17, 15) is 9.59 Å². The van der Waals surface area contributed by atoms with Gasteiger partial charge in [-0.15, -0.1) is 0 Å². The van der Waals surface area contributed by atoms with E-state index in [4.69, 9.17) is 14.6 Å². The summed E-state index contributed by atoms with van der Waals surface area (Å²) in [6.07, 6.45) is 7.30. The van der Waals surface area contributed by atoms with Crippen molar-refractivity contribution in [1.82, 2.24) is 0 Å². The number of ether oxygens (including phenoxy) is 2. The zero-order valence-corrected chi connectivity index (χ0v) is 15.6. The van der Waals surface area contributed by atoms with Gasteiger partial charge in [-0.1, -0.05) is 39.0 Å². The van der Waals surface area contributed by atoms with E-state index >= 15 is 0 Å². The summed E-state index contributed by atoms with van der Waals surface area (Å²) in [5.41, 5.74) is 0.418. The minimum absolute atomic E-state index is 0.124. The van der Waals surface area contributed by atoms with Crippen LogP contribution >= 0.6 is 0 Å². The normalized spacial score (nSPS) is 10.4. The van der Waals surface area contributed by atoms with Gasteiger partial charge in [0.05, 0.1) is 17.7 Å². The topological polar surface area (TPSA) is 72.8 Å². The smallest absolute Gasteiger partial charge is 0.343 e. The molecule has 2 aromatic rings. The summed E-state index contributed by atoms with van der Waals surface area (Å²) in [4.78, 5) is 22.9. The first kappa shape index (κ1) is 20.5. The van der Waals surface area contributed by atoms with Gasteiger partial charge in [-0.3, -0.25) is 0 Å². The molecule has 0 radical (unpaired) electrons. The summed E-state index contributed by atoms with van der Waals surface area (Å²) in [6.45, 7) is 2.89. The van der Waals surface area contributed by atoms with E-state index < -0.39 is 11.9 Å². The van der Waals surface area contributed by atoms with Crippen molar-refractivity contribution in [3.05, 3.63) is 59.7 Å². The number of carboxylic acids is 1. The van der Waals surface area contributed by atoms with Gasteiger partial charge in [0.1, 0.15) is 11.5 Å². The quantitative estimate of drug-likeness (QED) is 0.328. The number of hydrogen-bond acceptors (Lipinski definition) is 4. The highest BCUT2D eigenvalue weighted by atomic mass is 16.5. The van der Waals surface area contributed by atoms with Crippen LogP contribution in [0.1, 0.15) is 66.2 Å². The predicted octanol–water partition coefficient (Wildman–Crippen LogP) is 5.34. The highest BCUT2D eigenvalue weighted by Gasteiger charge is 2.10. The van der Waals surface area contributed by atoms with Gasteiger partial charge in [0.25, 0.3) is 0 Å². The Bertz CT molecular complexity index is 719. The largest absolute Gasteiger partial charge is 0.494 e. The summed E-state index contributed by atoms with van der Waals surface area (Å²) in [5, 5.41) is 8.87. The van der Waals surface area contributed by atoms with Crippen molar-refractivity contribution in [3.63, 3.8) is 0 Å². The van der Waals surface area contributed by atoms with E-state index in [-0.39, 0.29) is 5.56 Å². The van der Waals surface area contributed by atoms with E-state index in [1.54, 1.807) is 24.3 Å². The van der Waals surface area contributed by atoms with Gasteiger partial charge >= 0.3 is 11.9 Å². The molecule has 0 aliphatic carbocycles.